The van der Waals surface area contributed by atoms with E-state index in [9.17, 15) is 4.39 Å². The van der Waals surface area contributed by atoms with Gasteiger partial charge >= 0.3 is 0 Å². The standard InChI is InChI=1S/C12H12BrFN4S/c1-2-18-6-7(5-16-18)17-9-4-3-8(12(15)19)10(13)11(9)14/h3-6,17H,2H2,1H3,(H2,15,19). The quantitative estimate of drug-likeness (QED) is 0.838. The van der Waals surface area contributed by atoms with Crippen LogP contribution in [-0.2, 0) is 6.54 Å². The van der Waals surface area contributed by atoms with Gasteiger partial charge in [-0.25, -0.2) is 4.39 Å². The van der Waals surface area contributed by atoms with Crippen molar-refractivity contribution in [3.05, 3.63) is 40.4 Å². The summed E-state index contributed by atoms with van der Waals surface area (Å²) in [6.07, 6.45) is 3.44. The van der Waals surface area contributed by atoms with E-state index in [4.69, 9.17) is 18.0 Å². The molecule has 0 aliphatic carbocycles. The molecule has 19 heavy (non-hydrogen) atoms. The maximum Gasteiger partial charge on any atom is 0.161 e. The third-order valence-corrected chi connectivity index (χ3v) is 3.58. The molecule has 1 aromatic carbocycles. The molecule has 0 saturated heterocycles. The molecule has 1 aromatic heterocycles. The molecule has 0 amide bonds. The fourth-order valence-electron chi connectivity index (χ4n) is 1.59. The molecular weight excluding hydrogens is 331 g/mol. The van der Waals surface area contributed by atoms with E-state index in [1.807, 2.05) is 6.92 Å². The molecule has 0 aliphatic rings. The first-order valence-corrected chi connectivity index (χ1v) is 6.80. The van der Waals surface area contributed by atoms with E-state index < -0.39 is 5.82 Å². The molecule has 0 radical (unpaired) electrons. The van der Waals surface area contributed by atoms with E-state index in [0.717, 1.165) is 12.2 Å². The average molecular weight is 343 g/mol. The van der Waals surface area contributed by atoms with Gasteiger partial charge in [0.1, 0.15) is 4.99 Å². The maximum absolute atomic E-state index is 14.1. The molecule has 3 N–H and O–H groups in total. The van der Waals surface area contributed by atoms with E-state index in [-0.39, 0.29) is 9.46 Å². The minimum Gasteiger partial charge on any atom is -0.389 e. The van der Waals surface area contributed by atoms with Gasteiger partial charge in [0, 0.05) is 18.3 Å². The number of rotatable bonds is 4. The van der Waals surface area contributed by atoms with Gasteiger partial charge in [0.2, 0.25) is 0 Å². The van der Waals surface area contributed by atoms with Gasteiger partial charge in [-0.3, -0.25) is 4.68 Å². The zero-order chi connectivity index (χ0) is 14.0. The Balaban J connectivity index is 2.31. The molecule has 0 bridgehead atoms. The molecule has 0 aliphatic heterocycles. The molecule has 0 spiro atoms. The summed E-state index contributed by atoms with van der Waals surface area (Å²) < 4.78 is 16.2. The second-order valence-electron chi connectivity index (χ2n) is 3.86. The summed E-state index contributed by atoms with van der Waals surface area (Å²) in [5.74, 6) is -0.436. The van der Waals surface area contributed by atoms with Crippen molar-refractivity contribution in [3.63, 3.8) is 0 Å². The molecular formula is C12H12BrFN4S. The topological polar surface area (TPSA) is 55.9 Å². The van der Waals surface area contributed by atoms with Crippen LogP contribution >= 0.6 is 28.1 Å². The van der Waals surface area contributed by atoms with Crippen molar-refractivity contribution in [2.45, 2.75) is 13.5 Å². The van der Waals surface area contributed by atoms with Gasteiger partial charge in [-0.2, -0.15) is 5.10 Å². The van der Waals surface area contributed by atoms with E-state index >= 15 is 0 Å². The number of nitrogens with one attached hydrogen (secondary N) is 1. The fourth-order valence-corrected chi connectivity index (χ4v) is 2.45. The average Bonchev–Trinajstić information content (AvgIpc) is 2.82. The number of nitrogens with zero attached hydrogens (tertiary/aromatic N) is 2. The summed E-state index contributed by atoms with van der Waals surface area (Å²) in [7, 11) is 0. The van der Waals surface area contributed by atoms with Crippen LogP contribution in [0.25, 0.3) is 0 Å². The van der Waals surface area contributed by atoms with Crippen LogP contribution in [0.3, 0.4) is 0 Å². The Hall–Kier alpha value is -1.47. The second kappa shape index (κ2) is 5.66. The van der Waals surface area contributed by atoms with Crippen molar-refractivity contribution in [2.24, 2.45) is 5.73 Å². The number of halogens is 2. The summed E-state index contributed by atoms with van der Waals surface area (Å²) in [6, 6.07) is 3.26. The Morgan fingerprint density at radius 1 is 1.58 bits per heavy atom. The molecule has 0 atom stereocenters. The van der Waals surface area contributed by atoms with Crippen LogP contribution in [-0.4, -0.2) is 14.8 Å². The third-order valence-electron chi connectivity index (χ3n) is 2.58. The molecule has 100 valence electrons. The van der Waals surface area contributed by atoms with Gasteiger partial charge in [-0.15, -0.1) is 0 Å². The Bertz CT molecular complexity index is 626. The first-order valence-electron chi connectivity index (χ1n) is 5.60. The van der Waals surface area contributed by atoms with Crippen molar-refractivity contribution < 1.29 is 4.39 Å². The fraction of sp³-hybridized carbons (Fsp3) is 0.167. The molecule has 2 aromatic rings. The zero-order valence-electron chi connectivity index (χ0n) is 10.2. The molecule has 1 heterocycles. The normalized spacial score (nSPS) is 10.5. The highest BCUT2D eigenvalue weighted by Gasteiger charge is 2.13. The Labute approximate surface area is 123 Å². The van der Waals surface area contributed by atoms with Crippen molar-refractivity contribution in [2.75, 3.05) is 5.32 Å². The zero-order valence-corrected chi connectivity index (χ0v) is 12.6. The van der Waals surface area contributed by atoms with Crippen molar-refractivity contribution in [3.8, 4) is 0 Å². The van der Waals surface area contributed by atoms with E-state index in [0.29, 0.717) is 11.3 Å². The van der Waals surface area contributed by atoms with Crippen LogP contribution in [0.5, 0.6) is 0 Å². The van der Waals surface area contributed by atoms with Crippen LogP contribution in [0, 0.1) is 5.82 Å². The summed E-state index contributed by atoms with van der Waals surface area (Å²) in [6.45, 7) is 2.74. The summed E-state index contributed by atoms with van der Waals surface area (Å²) in [4.78, 5) is 0.149. The van der Waals surface area contributed by atoms with Crippen LogP contribution in [0.2, 0.25) is 0 Å². The highest BCUT2D eigenvalue weighted by molar-refractivity contribution is 9.10. The lowest BCUT2D eigenvalue weighted by Crippen LogP contribution is -2.11. The molecule has 7 heteroatoms. The highest BCUT2D eigenvalue weighted by atomic mass is 79.9. The minimum absolute atomic E-state index is 0.149. The van der Waals surface area contributed by atoms with Crippen LogP contribution in [0.1, 0.15) is 12.5 Å². The number of nitrogens with two attached hydrogens (primary N) is 1. The second-order valence-corrected chi connectivity index (χ2v) is 5.10. The summed E-state index contributed by atoms with van der Waals surface area (Å²) >= 11 is 8.01. The number of aromatic nitrogens is 2. The SMILES string of the molecule is CCn1cc(Nc2ccc(C(N)=S)c(Br)c2F)cn1. The highest BCUT2D eigenvalue weighted by Crippen LogP contribution is 2.29. The van der Waals surface area contributed by atoms with E-state index in [1.165, 1.54) is 0 Å². The van der Waals surface area contributed by atoms with Crippen molar-refractivity contribution in [1.82, 2.24) is 9.78 Å². The van der Waals surface area contributed by atoms with Crippen LogP contribution in [0.4, 0.5) is 15.8 Å². The predicted molar refractivity (Wildman–Crippen MR) is 81.2 cm³/mol. The predicted octanol–water partition coefficient (Wildman–Crippen LogP) is 3.18. The summed E-state index contributed by atoms with van der Waals surface area (Å²) in [5.41, 5.74) is 7.04. The summed E-state index contributed by atoms with van der Waals surface area (Å²) in [5, 5.41) is 7.07. The Kier molecular flexibility index (Phi) is 4.16. The largest absolute Gasteiger partial charge is 0.389 e. The number of anilines is 2. The lowest BCUT2D eigenvalue weighted by Gasteiger charge is -2.09. The molecule has 0 fully saturated rings. The van der Waals surface area contributed by atoms with Gasteiger partial charge < -0.3 is 11.1 Å². The number of thiocarbonyl (C=S) groups is 1. The smallest absolute Gasteiger partial charge is 0.161 e. The number of hydrogen-bond donors (Lipinski definition) is 2. The maximum atomic E-state index is 14.1. The van der Waals surface area contributed by atoms with Gasteiger partial charge in [0.25, 0.3) is 0 Å². The number of benzene rings is 1. The van der Waals surface area contributed by atoms with Gasteiger partial charge in [-0.1, -0.05) is 12.2 Å². The molecule has 4 nitrogen and oxygen atoms in total. The van der Waals surface area contributed by atoms with Gasteiger partial charge in [0.15, 0.2) is 5.82 Å². The Morgan fingerprint density at radius 2 is 2.32 bits per heavy atom. The Morgan fingerprint density at radius 3 is 2.89 bits per heavy atom. The van der Waals surface area contributed by atoms with E-state index in [2.05, 4.69) is 26.3 Å². The number of aryl methyl sites for hydroxylation is 1. The lowest BCUT2D eigenvalue weighted by molar-refractivity contribution is 0.625. The number of hydrogen-bond acceptors (Lipinski definition) is 3. The van der Waals surface area contributed by atoms with E-state index in [1.54, 1.807) is 29.2 Å². The molecule has 2 rings (SSSR count). The first kappa shape index (κ1) is 14.0. The lowest BCUT2D eigenvalue weighted by atomic mass is 10.2. The third kappa shape index (κ3) is 2.93. The molecule has 0 saturated carbocycles. The van der Waals surface area contributed by atoms with Gasteiger partial charge in [0.05, 0.1) is 22.0 Å². The molecule has 0 unspecified atom stereocenters. The van der Waals surface area contributed by atoms with Crippen LogP contribution < -0.4 is 11.1 Å². The minimum atomic E-state index is -0.436. The first-order chi connectivity index (χ1) is 9.02. The van der Waals surface area contributed by atoms with Crippen molar-refractivity contribution in [1.29, 1.82) is 0 Å². The van der Waals surface area contributed by atoms with Crippen molar-refractivity contribution >= 4 is 44.5 Å². The van der Waals surface area contributed by atoms with Gasteiger partial charge in [-0.05, 0) is 35.0 Å². The monoisotopic (exact) mass is 342 g/mol. The van der Waals surface area contributed by atoms with Crippen LogP contribution in [0.15, 0.2) is 29.0 Å².